The Labute approximate surface area is 119 Å². The van der Waals surface area contributed by atoms with E-state index in [2.05, 4.69) is 31.2 Å². The molecular weight excluding hydrogens is 232 g/mol. The average Bonchev–Trinajstić information content (AvgIpc) is 2.44. The standard InChI is InChI=1S/C18H30O/c1-2-3-11-17-13-10-14-18(16-17)12-8-6-4-5-7-9-15-19/h10,13-14,16,19H,2-9,11-12,15H2,1H3. The number of aryl methyl sites for hydroxylation is 2. The van der Waals surface area contributed by atoms with Crippen LogP contribution >= 0.6 is 0 Å². The van der Waals surface area contributed by atoms with Gasteiger partial charge in [0.25, 0.3) is 0 Å². The van der Waals surface area contributed by atoms with Gasteiger partial charge in [0, 0.05) is 6.61 Å². The number of hydrogen-bond acceptors (Lipinski definition) is 1. The maximum absolute atomic E-state index is 8.71. The molecule has 1 heteroatoms. The van der Waals surface area contributed by atoms with E-state index in [1.807, 2.05) is 0 Å². The largest absolute Gasteiger partial charge is 0.396 e. The third kappa shape index (κ3) is 8.05. The van der Waals surface area contributed by atoms with E-state index >= 15 is 0 Å². The topological polar surface area (TPSA) is 20.2 Å². The van der Waals surface area contributed by atoms with Gasteiger partial charge in [0.1, 0.15) is 0 Å². The van der Waals surface area contributed by atoms with Crippen molar-refractivity contribution in [3.8, 4) is 0 Å². The molecule has 0 amide bonds. The molecule has 0 radical (unpaired) electrons. The van der Waals surface area contributed by atoms with Crippen molar-refractivity contribution >= 4 is 0 Å². The molecule has 1 aromatic rings. The van der Waals surface area contributed by atoms with E-state index in [4.69, 9.17) is 5.11 Å². The Morgan fingerprint density at radius 3 is 2.00 bits per heavy atom. The van der Waals surface area contributed by atoms with Crippen LogP contribution in [-0.4, -0.2) is 11.7 Å². The molecule has 0 aliphatic rings. The second-order valence-electron chi connectivity index (χ2n) is 5.52. The number of rotatable bonds is 11. The summed E-state index contributed by atoms with van der Waals surface area (Å²) in [6, 6.07) is 9.12. The lowest BCUT2D eigenvalue weighted by atomic mass is 10.0. The number of aliphatic hydroxyl groups is 1. The summed E-state index contributed by atoms with van der Waals surface area (Å²) < 4.78 is 0. The van der Waals surface area contributed by atoms with Gasteiger partial charge >= 0.3 is 0 Å². The summed E-state index contributed by atoms with van der Waals surface area (Å²) in [6.07, 6.45) is 12.4. The Morgan fingerprint density at radius 2 is 1.37 bits per heavy atom. The fourth-order valence-electron chi connectivity index (χ4n) is 2.47. The van der Waals surface area contributed by atoms with Gasteiger partial charge in [0.2, 0.25) is 0 Å². The van der Waals surface area contributed by atoms with Gasteiger partial charge in [-0.3, -0.25) is 0 Å². The van der Waals surface area contributed by atoms with Gasteiger partial charge in [0.05, 0.1) is 0 Å². The molecule has 0 aliphatic carbocycles. The van der Waals surface area contributed by atoms with Crippen LogP contribution in [0.2, 0.25) is 0 Å². The van der Waals surface area contributed by atoms with E-state index in [0.29, 0.717) is 6.61 Å². The van der Waals surface area contributed by atoms with Crippen LogP contribution in [0.5, 0.6) is 0 Å². The first-order chi connectivity index (χ1) is 9.36. The van der Waals surface area contributed by atoms with Gasteiger partial charge in [-0.25, -0.2) is 0 Å². The van der Waals surface area contributed by atoms with Crippen molar-refractivity contribution < 1.29 is 5.11 Å². The fourth-order valence-corrected chi connectivity index (χ4v) is 2.47. The Bertz CT molecular complexity index is 319. The number of aliphatic hydroxyl groups excluding tert-OH is 1. The van der Waals surface area contributed by atoms with Crippen LogP contribution in [0.15, 0.2) is 24.3 Å². The van der Waals surface area contributed by atoms with Gasteiger partial charge < -0.3 is 5.11 Å². The molecule has 0 atom stereocenters. The van der Waals surface area contributed by atoms with Crippen molar-refractivity contribution in [2.45, 2.75) is 71.1 Å². The molecule has 1 nitrogen and oxygen atoms in total. The van der Waals surface area contributed by atoms with E-state index in [1.165, 1.54) is 68.9 Å². The van der Waals surface area contributed by atoms with Crippen LogP contribution in [0, 0.1) is 0 Å². The van der Waals surface area contributed by atoms with E-state index in [1.54, 1.807) is 0 Å². The van der Waals surface area contributed by atoms with Crippen LogP contribution in [0.3, 0.4) is 0 Å². The number of benzene rings is 1. The summed E-state index contributed by atoms with van der Waals surface area (Å²) in [6.45, 7) is 2.60. The first kappa shape index (κ1) is 16.2. The predicted molar refractivity (Wildman–Crippen MR) is 83.5 cm³/mol. The van der Waals surface area contributed by atoms with E-state index in [-0.39, 0.29) is 0 Å². The van der Waals surface area contributed by atoms with E-state index < -0.39 is 0 Å². The number of hydrogen-bond donors (Lipinski definition) is 1. The summed E-state index contributed by atoms with van der Waals surface area (Å²) in [5, 5.41) is 8.71. The summed E-state index contributed by atoms with van der Waals surface area (Å²) >= 11 is 0. The molecule has 1 N–H and O–H groups in total. The summed E-state index contributed by atoms with van der Waals surface area (Å²) in [5.74, 6) is 0. The first-order valence-electron chi connectivity index (χ1n) is 8.05. The van der Waals surface area contributed by atoms with Crippen molar-refractivity contribution in [3.05, 3.63) is 35.4 Å². The maximum atomic E-state index is 8.71. The summed E-state index contributed by atoms with van der Waals surface area (Å²) in [5.41, 5.74) is 3.01. The highest BCUT2D eigenvalue weighted by molar-refractivity contribution is 5.23. The lowest BCUT2D eigenvalue weighted by Crippen LogP contribution is -1.90. The van der Waals surface area contributed by atoms with Crippen molar-refractivity contribution in [3.63, 3.8) is 0 Å². The summed E-state index contributed by atoms with van der Waals surface area (Å²) in [7, 11) is 0. The van der Waals surface area contributed by atoms with Gasteiger partial charge in [0.15, 0.2) is 0 Å². The Balaban J connectivity index is 2.14. The van der Waals surface area contributed by atoms with Crippen LogP contribution in [0.4, 0.5) is 0 Å². The third-order valence-electron chi connectivity index (χ3n) is 3.68. The Hall–Kier alpha value is -0.820. The molecule has 0 bridgehead atoms. The third-order valence-corrected chi connectivity index (χ3v) is 3.68. The second kappa shape index (κ2) is 11.0. The quantitative estimate of drug-likeness (QED) is 0.562. The van der Waals surface area contributed by atoms with Gasteiger partial charge in [-0.1, -0.05) is 63.3 Å². The maximum Gasteiger partial charge on any atom is 0.0431 e. The van der Waals surface area contributed by atoms with Gasteiger partial charge in [-0.2, -0.15) is 0 Å². The minimum Gasteiger partial charge on any atom is -0.396 e. The Morgan fingerprint density at radius 1 is 0.789 bits per heavy atom. The van der Waals surface area contributed by atoms with Crippen molar-refractivity contribution in [1.82, 2.24) is 0 Å². The monoisotopic (exact) mass is 262 g/mol. The van der Waals surface area contributed by atoms with Crippen LogP contribution in [-0.2, 0) is 12.8 Å². The van der Waals surface area contributed by atoms with Crippen LogP contribution < -0.4 is 0 Å². The van der Waals surface area contributed by atoms with Gasteiger partial charge in [-0.15, -0.1) is 0 Å². The molecular formula is C18H30O. The normalized spacial score (nSPS) is 10.8. The lowest BCUT2D eigenvalue weighted by molar-refractivity contribution is 0.282. The molecule has 0 fully saturated rings. The highest BCUT2D eigenvalue weighted by atomic mass is 16.2. The van der Waals surface area contributed by atoms with Gasteiger partial charge in [-0.05, 0) is 43.2 Å². The second-order valence-corrected chi connectivity index (χ2v) is 5.52. The smallest absolute Gasteiger partial charge is 0.0431 e. The molecule has 108 valence electrons. The van der Waals surface area contributed by atoms with Crippen molar-refractivity contribution in [2.24, 2.45) is 0 Å². The number of unbranched alkanes of at least 4 members (excludes halogenated alkanes) is 6. The van der Waals surface area contributed by atoms with Crippen molar-refractivity contribution in [1.29, 1.82) is 0 Å². The molecule has 1 rings (SSSR count). The zero-order valence-corrected chi connectivity index (χ0v) is 12.5. The minimum absolute atomic E-state index is 0.352. The van der Waals surface area contributed by atoms with E-state index in [9.17, 15) is 0 Å². The molecule has 0 unspecified atom stereocenters. The Kier molecular flexibility index (Phi) is 9.44. The molecule has 0 aliphatic heterocycles. The average molecular weight is 262 g/mol. The summed E-state index contributed by atoms with van der Waals surface area (Å²) in [4.78, 5) is 0. The lowest BCUT2D eigenvalue weighted by Gasteiger charge is -2.05. The fraction of sp³-hybridized carbons (Fsp3) is 0.667. The molecule has 0 saturated carbocycles. The zero-order chi connectivity index (χ0) is 13.8. The van der Waals surface area contributed by atoms with Crippen molar-refractivity contribution in [2.75, 3.05) is 6.61 Å². The molecule has 0 aromatic heterocycles. The highest BCUT2D eigenvalue weighted by Gasteiger charge is 1.97. The molecule has 0 spiro atoms. The zero-order valence-electron chi connectivity index (χ0n) is 12.5. The first-order valence-corrected chi connectivity index (χ1v) is 8.05. The van der Waals surface area contributed by atoms with Crippen LogP contribution in [0.25, 0.3) is 0 Å². The highest BCUT2D eigenvalue weighted by Crippen LogP contribution is 2.13. The van der Waals surface area contributed by atoms with E-state index in [0.717, 1.165) is 6.42 Å². The molecule has 0 saturated heterocycles. The predicted octanol–water partition coefficient (Wildman–Crippen LogP) is 4.90. The molecule has 19 heavy (non-hydrogen) atoms. The molecule has 1 aromatic carbocycles. The minimum atomic E-state index is 0.352. The SMILES string of the molecule is CCCCc1cccc(CCCCCCCCO)c1. The van der Waals surface area contributed by atoms with Crippen LogP contribution in [0.1, 0.15) is 69.4 Å². The molecule has 0 heterocycles.